The van der Waals surface area contributed by atoms with Crippen molar-refractivity contribution in [3.05, 3.63) is 41.6 Å². The number of hydrogen-bond donors (Lipinski definition) is 0. The van der Waals surface area contributed by atoms with E-state index in [1.54, 1.807) is 12.5 Å². The van der Waals surface area contributed by atoms with Crippen LogP contribution in [0.5, 0.6) is 0 Å². The van der Waals surface area contributed by atoms with Crippen LogP contribution in [-0.4, -0.2) is 14.5 Å². The van der Waals surface area contributed by atoms with Gasteiger partial charge in [-0.3, -0.25) is 4.57 Å². The van der Waals surface area contributed by atoms with Gasteiger partial charge in [0, 0.05) is 17.5 Å². The number of alkyl halides is 1. The van der Waals surface area contributed by atoms with Gasteiger partial charge in [-0.05, 0) is 19.9 Å². The molecule has 0 radical (unpaired) electrons. The van der Waals surface area contributed by atoms with Gasteiger partial charge in [0.25, 0.3) is 0 Å². The third kappa shape index (κ3) is 1.75. The highest BCUT2D eigenvalue weighted by Crippen LogP contribution is 2.16. The minimum atomic E-state index is 0.458. The molecule has 0 fully saturated rings. The van der Waals surface area contributed by atoms with Crippen molar-refractivity contribution in [2.24, 2.45) is 0 Å². The van der Waals surface area contributed by atoms with Crippen molar-refractivity contribution in [3.8, 4) is 5.82 Å². The first-order valence-corrected chi connectivity index (χ1v) is 5.28. The first-order chi connectivity index (χ1) is 7.24. The normalized spacial score (nSPS) is 10.6. The fourth-order valence-corrected chi connectivity index (χ4v) is 1.67. The topological polar surface area (TPSA) is 30.7 Å². The molecule has 2 aromatic heterocycles. The van der Waals surface area contributed by atoms with E-state index in [1.165, 1.54) is 0 Å². The van der Waals surface area contributed by atoms with Crippen LogP contribution in [0.1, 0.15) is 17.0 Å². The fraction of sp³-hybridized carbons (Fsp3) is 0.273. The lowest BCUT2D eigenvalue weighted by molar-refractivity contribution is 0.933. The second kappa shape index (κ2) is 4.03. The second-order valence-corrected chi connectivity index (χ2v) is 3.67. The zero-order valence-electron chi connectivity index (χ0n) is 8.74. The molecule has 0 bridgehead atoms. The van der Waals surface area contributed by atoms with Gasteiger partial charge >= 0.3 is 0 Å². The molecule has 0 amide bonds. The molecule has 0 aliphatic heterocycles. The van der Waals surface area contributed by atoms with Crippen LogP contribution in [0.3, 0.4) is 0 Å². The maximum atomic E-state index is 5.87. The molecular formula is C11H12ClN3. The molecule has 0 N–H and O–H groups in total. The molecule has 0 unspecified atom stereocenters. The Bertz CT molecular complexity index is 476. The zero-order chi connectivity index (χ0) is 10.8. The summed E-state index contributed by atoms with van der Waals surface area (Å²) in [5.74, 6) is 1.32. The van der Waals surface area contributed by atoms with E-state index < -0.39 is 0 Å². The lowest BCUT2D eigenvalue weighted by Gasteiger charge is -2.08. The molecule has 3 nitrogen and oxygen atoms in total. The Kier molecular flexibility index (Phi) is 2.73. The number of hydrogen-bond acceptors (Lipinski definition) is 2. The van der Waals surface area contributed by atoms with Gasteiger partial charge in [-0.1, -0.05) is 6.07 Å². The van der Waals surface area contributed by atoms with E-state index in [0.717, 1.165) is 22.8 Å². The third-order valence-electron chi connectivity index (χ3n) is 2.49. The SMILES string of the molecule is Cc1ncn(-c2ncccc2CCl)c1C. The predicted octanol–water partition coefficient (Wildman–Crippen LogP) is 2.62. The van der Waals surface area contributed by atoms with Gasteiger partial charge in [-0.2, -0.15) is 0 Å². The molecule has 0 aliphatic carbocycles. The summed E-state index contributed by atoms with van der Waals surface area (Å²) in [5, 5.41) is 0. The maximum Gasteiger partial charge on any atom is 0.142 e. The molecule has 2 heterocycles. The summed E-state index contributed by atoms with van der Waals surface area (Å²) in [6, 6.07) is 3.87. The molecule has 0 saturated carbocycles. The van der Waals surface area contributed by atoms with E-state index >= 15 is 0 Å². The van der Waals surface area contributed by atoms with Crippen molar-refractivity contribution in [1.82, 2.24) is 14.5 Å². The molecule has 78 valence electrons. The van der Waals surface area contributed by atoms with Gasteiger partial charge in [0.1, 0.15) is 12.1 Å². The van der Waals surface area contributed by atoms with Crippen LogP contribution < -0.4 is 0 Å². The Morgan fingerprint density at radius 2 is 2.13 bits per heavy atom. The van der Waals surface area contributed by atoms with Gasteiger partial charge in [-0.15, -0.1) is 11.6 Å². The summed E-state index contributed by atoms with van der Waals surface area (Å²) in [7, 11) is 0. The minimum absolute atomic E-state index is 0.458. The molecule has 0 atom stereocenters. The molecule has 0 aliphatic rings. The monoisotopic (exact) mass is 221 g/mol. The first-order valence-electron chi connectivity index (χ1n) is 4.75. The first kappa shape index (κ1) is 10.2. The molecule has 0 aromatic carbocycles. The predicted molar refractivity (Wildman–Crippen MR) is 60.4 cm³/mol. The fourth-order valence-electron chi connectivity index (χ4n) is 1.46. The summed E-state index contributed by atoms with van der Waals surface area (Å²) >= 11 is 5.87. The lowest BCUT2D eigenvalue weighted by atomic mass is 10.3. The smallest absolute Gasteiger partial charge is 0.142 e. The number of pyridine rings is 1. The van der Waals surface area contributed by atoms with Crippen LogP contribution in [0.4, 0.5) is 0 Å². The van der Waals surface area contributed by atoms with Crippen LogP contribution in [0.15, 0.2) is 24.7 Å². The third-order valence-corrected chi connectivity index (χ3v) is 2.78. The number of aryl methyl sites for hydroxylation is 1. The van der Waals surface area contributed by atoms with Crippen molar-refractivity contribution in [3.63, 3.8) is 0 Å². The van der Waals surface area contributed by atoms with Crippen molar-refractivity contribution in [2.45, 2.75) is 19.7 Å². The van der Waals surface area contributed by atoms with E-state index in [9.17, 15) is 0 Å². The number of imidazole rings is 1. The summed E-state index contributed by atoms with van der Waals surface area (Å²) in [6.45, 7) is 4.00. The Labute approximate surface area is 93.7 Å². The average molecular weight is 222 g/mol. The van der Waals surface area contributed by atoms with E-state index in [-0.39, 0.29) is 0 Å². The molecule has 2 aromatic rings. The molecule has 0 spiro atoms. The minimum Gasteiger partial charge on any atom is -0.287 e. The van der Waals surface area contributed by atoms with Crippen LogP contribution >= 0.6 is 11.6 Å². The highest BCUT2D eigenvalue weighted by Gasteiger charge is 2.08. The molecular weight excluding hydrogens is 210 g/mol. The molecule has 0 saturated heterocycles. The van der Waals surface area contributed by atoms with Crippen molar-refractivity contribution < 1.29 is 0 Å². The number of nitrogens with zero attached hydrogens (tertiary/aromatic N) is 3. The van der Waals surface area contributed by atoms with Gasteiger partial charge < -0.3 is 0 Å². The van der Waals surface area contributed by atoms with Crippen LogP contribution in [0.2, 0.25) is 0 Å². The molecule has 2 rings (SSSR count). The van der Waals surface area contributed by atoms with Crippen LogP contribution in [-0.2, 0) is 5.88 Å². The Balaban J connectivity index is 2.58. The van der Waals surface area contributed by atoms with Crippen molar-refractivity contribution in [1.29, 1.82) is 0 Å². The highest BCUT2D eigenvalue weighted by atomic mass is 35.5. The van der Waals surface area contributed by atoms with Gasteiger partial charge in [0.2, 0.25) is 0 Å². The lowest BCUT2D eigenvalue weighted by Crippen LogP contribution is -2.02. The second-order valence-electron chi connectivity index (χ2n) is 3.41. The van der Waals surface area contributed by atoms with Crippen molar-refractivity contribution in [2.75, 3.05) is 0 Å². The standard InChI is InChI=1S/C11H12ClN3/c1-8-9(2)15(7-14-8)11-10(6-12)4-3-5-13-11/h3-5,7H,6H2,1-2H3. The Morgan fingerprint density at radius 1 is 1.33 bits per heavy atom. The maximum absolute atomic E-state index is 5.87. The number of rotatable bonds is 2. The number of aromatic nitrogens is 3. The van der Waals surface area contributed by atoms with Crippen molar-refractivity contribution >= 4 is 11.6 Å². The van der Waals surface area contributed by atoms with Crippen LogP contribution in [0, 0.1) is 13.8 Å². The number of halogens is 1. The van der Waals surface area contributed by atoms with E-state index in [1.807, 2.05) is 30.5 Å². The quantitative estimate of drug-likeness (QED) is 0.730. The van der Waals surface area contributed by atoms with Gasteiger partial charge in [0.15, 0.2) is 0 Å². The average Bonchev–Trinajstić information content (AvgIpc) is 2.60. The van der Waals surface area contributed by atoms with E-state index in [2.05, 4.69) is 9.97 Å². The van der Waals surface area contributed by atoms with Gasteiger partial charge in [-0.25, -0.2) is 9.97 Å². The van der Waals surface area contributed by atoms with E-state index in [4.69, 9.17) is 11.6 Å². The summed E-state index contributed by atoms with van der Waals surface area (Å²) in [6.07, 6.45) is 3.54. The molecule has 4 heteroatoms. The van der Waals surface area contributed by atoms with Gasteiger partial charge in [0.05, 0.1) is 11.6 Å². The van der Waals surface area contributed by atoms with Crippen LogP contribution in [0.25, 0.3) is 5.82 Å². The summed E-state index contributed by atoms with van der Waals surface area (Å²) in [5.41, 5.74) is 3.13. The molecule has 15 heavy (non-hydrogen) atoms. The largest absolute Gasteiger partial charge is 0.287 e. The Hall–Kier alpha value is -1.35. The zero-order valence-corrected chi connectivity index (χ0v) is 9.49. The summed E-state index contributed by atoms with van der Waals surface area (Å²) < 4.78 is 1.97. The highest BCUT2D eigenvalue weighted by molar-refractivity contribution is 6.17. The Morgan fingerprint density at radius 3 is 2.73 bits per heavy atom. The summed E-state index contributed by atoms with van der Waals surface area (Å²) in [4.78, 5) is 8.58. The van der Waals surface area contributed by atoms with E-state index in [0.29, 0.717) is 5.88 Å².